The van der Waals surface area contributed by atoms with Crippen molar-refractivity contribution in [2.24, 2.45) is 17.2 Å². The number of aliphatic hydroxyl groups excluding tert-OH is 16. The van der Waals surface area contributed by atoms with Gasteiger partial charge in [0.1, 0.15) is 153 Å². The van der Waals surface area contributed by atoms with E-state index in [0.29, 0.717) is 18.6 Å². The first kappa shape index (κ1) is 82.9. The van der Waals surface area contributed by atoms with Gasteiger partial charge in [0.15, 0.2) is 31.5 Å². The van der Waals surface area contributed by atoms with Crippen LogP contribution in [0.5, 0.6) is 0 Å². The number of thiol groups is 1. The Morgan fingerprint density at radius 2 is 0.884 bits per heavy atom. The molecule has 6 fully saturated rings. The lowest BCUT2D eigenvalue weighted by atomic mass is 9.84. The van der Waals surface area contributed by atoms with Crippen LogP contribution in [0.4, 0.5) is 0 Å². The number of hydrogen-bond donors (Lipinski definition) is 24. The normalized spacial score (nSPS) is 43.9. The van der Waals surface area contributed by atoms with E-state index in [2.05, 4.69) is 22.5 Å². The van der Waals surface area contributed by atoms with Gasteiger partial charge in [0.25, 0.3) is 0 Å². The molecule has 6 aliphatic rings. The molecule has 43 nitrogen and oxygen atoms in total. The van der Waals surface area contributed by atoms with Gasteiger partial charge in [-0.3, -0.25) is 31.9 Å². The van der Waals surface area contributed by atoms with Gasteiger partial charge in [0.05, 0.1) is 58.9 Å². The van der Waals surface area contributed by atoms with Gasteiger partial charge in [-0.2, -0.15) is 12.6 Å². The summed E-state index contributed by atoms with van der Waals surface area (Å²) in [5.41, 5.74) is 17.3. The minimum absolute atomic E-state index is 0.234. The van der Waals surface area contributed by atoms with Crippen LogP contribution in [0.2, 0.25) is 0 Å². The van der Waals surface area contributed by atoms with Crippen LogP contribution in [-0.2, 0) is 93.0 Å². The monoisotopic (exact) mass is 1470 g/mol. The second kappa shape index (κ2) is 37.4. The second-order valence-electron chi connectivity index (χ2n) is 22.7. The number of phosphoric ester groups is 3. The van der Waals surface area contributed by atoms with Gasteiger partial charge in [-0.05, 0) is 18.6 Å². The number of phosphoric acid groups is 3. The van der Waals surface area contributed by atoms with Crippen LogP contribution in [0.25, 0.3) is 0 Å². The zero-order chi connectivity index (χ0) is 70.6. The van der Waals surface area contributed by atoms with Gasteiger partial charge in [0.2, 0.25) is 5.91 Å². The molecule has 5 saturated heterocycles. The Balaban J connectivity index is 1.36. The Bertz CT molecular complexity index is 2470. The molecule has 0 bridgehead atoms. The van der Waals surface area contributed by atoms with E-state index < -0.39 is 272 Å². The van der Waals surface area contributed by atoms with Crippen molar-refractivity contribution in [1.29, 1.82) is 0 Å². The predicted molar refractivity (Wildman–Crippen MR) is 307 cm³/mol. The summed E-state index contributed by atoms with van der Waals surface area (Å²) in [4.78, 5) is 44.4. The molecule has 26 N–H and O–H groups in total. The van der Waals surface area contributed by atoms with Crippen molar-refractivity contribution in [1.82, 2.24) is 5.32 Å². The Hall–Kier alpha value is -1.01. The van der Waals surface area contributed by atoms with Gasteiger partial charge in [-0.25, -0.2) is 13.7 Å². The first-order valence-electron chi connectivity index (χ1n) is 29.9. The van der Waals surface area contributed by atoms with Crippen LogP contribution in [0, 0.1) is 0 Å². The number of aliphatic hydroxyl groups is 16. The fourth-order valence-electron chi connectivity index (χ4n) is 10.8. The molecule has 47 heteroatoms. The maximum absolute atomic E-state index is 13.7. The lowest BCUT2D eigenvalue weighted by Gasteiger charge is -2.50. The molecule has 0 spiro atoms. The molecule has 95 heavy (non-hydrogen) atoms. The molecule has 6 rings (SSSR count). The van der Waals surface area contributed by atoms with Gasteiger partial charge in [-0.1, -0.05) is 12.8 Å². The van der Waals surface area contributed by atoms with E-state index in [1.165, 1.54) is 0 Å². The minimum Gasteiger partial charge on any atom is -0.394 e. The minimum atomic E-state index is -5.55. The lowest BCUT2D eigenvalue weighted by molar-refractivity contribution is -0.384. The Morgan fingerprint density at radius 3 is 1.47 bits per heavy atom. The molecule has 34 atom stereocenters. The van der Waals surface area contributed by atoms with E-state index >= 15 is 0 Å². The van der Waals surface area contributed by atoms with Crippen LogP contribution in [0.1, 0.15) is 32.6 Å². The first-order chi connectivity index (χ1) is 44.7. The summed E-state index contributed by atoms with van der Waals surface area (Å²) in [7, 11) is -15.7. The smallest absolute Gasteiger partial charge is 0.394 e. The summed E-state index contributed by atoms with van der Waals surface area (Å²) in [6.07, 6.45) is -61.1. The number of ether oxygens (including phenoxy) is 10. The molecule has 1 saturated carbocycles. The van der Waals surface area contributed by atoms with Crippen LogP contribution in [0.15, 0.2) is 0 Å². The standard InChI is InChI=1S/C48H91N4O39P3S/c1-17(56)52-24-29(61)25(57)18(12-53)81-45(24)86-39-22(15-76-47-42(33(65)26(58)19(13-54)82-47)89-46-36(68)30(62)27(59)21(84-46)16-80-92(70,71)78-9-6-49)85-48(43(37(39)69)91-94(74,75)79-10-7-50)87-38-20(14-55)83-44(23(51)28(38)60)88-40-34(66)31(63)32(64)35(67)41(40)90-93(72,73)77-8-4-2-3-5-11-95/h18-48,53-55,57-69,95H,2-16,49-51H2,1H3,(H,52,56)(H,70,71)(H,72,73)(H,74,75)/t18?,19?,20?,21?,22?,23?,24-,25-,26+,27+,28?,29?,30?,31?,32+,33?,34?,35-,36+,37-,38+,39+,40+,41?,42+,43?,44+,45-,46+,47-,48+/m0/s1. The van der Waals surface area contributed by atoms with Crippen LogP contribution < -0.4 is 22.5 Å². The molecule has 17 unspecified atom stereocenters. The van der Waals surface area contributed by atoms with Crippen LogP contribution in [0.3, 0.4) is 0 Å². The number of amides is 1. The van der Waals surface area contributed by atoms with Crippen molar-refractivity contribution in [2.75, 3.05) is 71.7 Å². The maximum atomic E-state index is 13.7. The fraction of sp³-hybridized carbons (Fsp3) is 0.979. The maximum Gasteiger partial charge on any atom is 0.472 e. The van der Waals surface area contributed by atoms with Gasteiger partial charge >= 0.3 is 23.5 Å². The summed E-state index contributed by atoms with van der Waals surface area (Å²) in [6.45, 7) is -6.88. The topological polar surface area (TPSA) is 690 Å². The van der Waals surface area contributed by atoms with Crippen LogP contribution >= 0.6 is 36.1 Å². The number of unbranched alkanes of at least 4 members (excludes halogenated alkanes) is 3. The molecule has 558 valence electrons. The Morgan fingerprint density at radius 1 is 0.432 bits per heavy atom. The quantitative estimate of drug-likeness (QED) is 0.0159. The van der Waals surface area contributed by atoms with E-state index in [1.54, 1.807) is 0 Å². The molecule has 0 aromatic carbocycles. The van der Waals surface area contributed by atoms with Crippen LogP contribution in [-0.4, -0.2) is 364 Å². The largest absolute Gasteiger partial charge is 0.472 e. The lowest BCUT2D eigenvalue weighted by Crippen LogP contribution is -2.70. The van der Waals surface area contributed by atoms with Crippen molar-refractivity contribution >= 4 is 42.0 Å². The Labute approximate surface area is 546 Å². The third-order valence-corrected chi connectivity index (χ3v) is 19.2. The number of nitrogens with one attached hydrogen (secondary N) is 1. The molecule has 0 radical (unpaired) electrons. The Kier molecular flexibility index (Phi) is 32.7. The highest BCUT2D eigenvalue weighted by atomic mass is 32.1. The molecule has 1 amide bonds. The molecule has 0 aromatic rings. The molecular weight excluding hydrogens is 1380 g/mol. The molecule has 5 aliphatic heterocycles. The van der Waals surface area contributed by atoms with Crippen molar-refractivity contribution < 1.29 is 189 Å². The number of hydrogen-bond acceptors (Lipinski definition) is 40. The van der Waals surface area contributed by atoms with Gasteiger partial charge in [-0.15, -0.1) is 0 Å². The SMILES string of the molecule is CC(=O)N[C@H]1C(O)[C@@H](O)C(CO)O[C@H]1O[C@@H]1C(CO[C@H]2OC(CO)[C@@H](O)C(O)[C@H]2O[C@H]2OC(COP(=O)(O)OCCN)[C@@H](O)C(O)[C@H]2O)O[C@H](O[C@@H]2C(CO)O[C@H](O[C@@H]3C(O)C(O)[C@@H](O)[C@H](O)C3OP(=O)(O)OCCCCCCS)C(N)C2O)C(OP(=O)(O)OCCN)[C@H]1O. The summed E-state index contributed by atoms with van der Waals surface area (Å²) in [5, 5.41) is 179. The molecule has 5 heterocycles. The summed E-state index contributed by atoms with van der Waals surface area (Å²) >= 11 is 4.12. The average molecular weight is 1470 g/mol. The molecular formula is C48H91N4O39P3S. The number of rotatable bonds is 35. The summed E-state index contributed by atoms with van der Waals surface area (Å²) in [5.74, 6) is -0.321. The molecule has 0 aromatic heterocycles. The van der Waals surface area contributed by atoms with Crippen molar-refractivity contribution in [3.8, 4) is 0 Å². The van der Waals surface area contributed by atoms with Crippen molar-refractivity contribution in [3.63, 3.8) is 0 Å². The van der Waals surface area contributed by atoms with Gasteiger partial charge < -0.3 is 166 Å². The van der Waals surface area contributed by atoms with Crippen molar-refractivity contribution in [2.45, 2.75) is 223 Å². The first-order valence-corrected chi connectivity index (χ1v) is 35.0. The van der Waals surface area contributed by atoms with E-state index in [4.69, 9.17) is 87.2 Å². The van der Waals surface area contributed by atoms with Gasteiger partial charge in [0, 0.05) is 20.0 Å². The highest BCUT2D eigenvalue weighted by Gasteiger charge is 2.60. The van der Waals surface area contributed by atoms with Crippen molar-refractivity contribution in [3.05, 3.63) is 0 Å². The third kappa shape index (κ3) is 21.6. The summed E-state index contributed by atoms with van der Waals surface area (Å²) < 4.78 is 129. The zero-order valence-electron chi connectivity index (χ0n) is 50.7. The highest BCUT2D eigenvalue weighted by Crippen LogP contribution is 2.50. The second-order valence-corrected chi connectivity index (χ2v) is 27.4. The highest BCUT2D eigenvalue weighted by molar-refractivity contribution is 7.80. The number of nitrogens with two attached hydrogens (primary N) is 3. The van der Waals surface area contributed by atoms with E-state index in [9.17, 15) is 115 Å². The average Bonchev–Trinajstić information content (AvgIpc) is 0.782. The number of carbonyl (C=O) groups excluding carboxylic acids is 1. The number of carbonyl (C=O) groups is 1. The van der Waals surface area contributed by atoms with E-state index in [-0.39, 0.29) is 19.6 Å². The third-order valence-electron chi connectivity index (χ3n) is 15.9. The van der Waals surface area contributed by atoms with E-state index in [1.807, 2.05) is 0 Å². The summed E-state index contributed by atoms with van der Waals surface area (Å²) in [6, 6.07) is -3.86. The van der Waals surface area contributed by atoms with E-state index in [0.717, 1.165) is 13.3 Å². The predicted octanol–water partition coefficient (Wildman–Crippen LogP) is -11.8. The molecule has 1 aliphatic carbocycles. The zero-order valence-corrected chi connectivity index (χ0v) is 54.3. The fourth-order valence-corrected chi connectivity index (χ4v) is 13.7.